The normalized spacial score (nSPS) is 16.7. The van der Waals surface area contributed by atoms with E-state index >= 15 is 0 Å². The highest BCUT2D eigenvalue weighted by molar-refractivity contribution is 7.73. The Morgan fingerprint density at radius 2 is 1.32 bits per heavy atom. The first kappa shape index (κ1) is 18.9. The van der Waals surface area contributed by atoms with E-state index in [1.807, 2.05) is 6.07 Å². The van der Waals surface area contributed by atoms with Gasteiger partial charge in [0.1, 0.15) is 12.6 Å². The van der Waals surface area contributed by atoms with Crippen LogP contribution < -0.4 is 10.6 Å². The predicted octanol–water partition coefficient (Wildman–Crippen LogP) is 5.32. The van der Waals surface area contributed by atoms with Crippen molar-refractivity contribution in [2.75, 3.05) is 12.8 Å². The van der Waals surface area contributed by atoms with Gasteiger partial charge in [0, 0.05) is 5.41 Å². The van der Waals surface area contributed by atoms with Gasteiger partial charge in [0.15, 0.2) is 5.90 Å². The first-order chi connectivity index (χ1) is 13.6. The smallest absolute Gasteiger partial charge is 0.190 e. The molecule has 0 saturated carbocycles. The molecule has 0 N–H and O–H groups in total. The Bertz CT molecular complexity index is 883. The van der Waals surface area contributed by atoms with E-state index in [9.17, 15) is 0 Å². The van der Waals surface area contributed by atoms with Crippen molar-refractivity contribution < 1.29 is 4.74 Å². The van der Waals surface area contributed by atoms with E-state index in [4.69, 9.17) is 9.73 Å². The van der Waals surface area contributed by atoms with Crippen molar-refractivity contribution in [2.24, 2.45) is 10.4 Å². The maximum atomic E-state index is 6.12. The molecule has 1 aliphatic rings. The maximum absolute atomic E-state index is 6.12. The van der Waals surface area contributed by atoms with Gasteiger partial charge in [0.25, 0.3) is 0 Å². The quantitative estimate of drug-likeness (QED) is 0.525. The molecule has 2 nitrogen and oxygen atoms in total. The molecule has 0 saturated heterocycles. The Morgan fingerprint density at radius 1 is 0.821 bits per heavy atom. The fourth-order valence-electron chi connectivity index (χ4n) is 3.60. The molecule has 4 rings (SSSR count). The number of rotatable bonds is 6. The predicted molar refractivity (Wildman–Crippen MR) is 120 cm³/mol. The molecule has 3 heteroatoms. The van der Waals surface area contributed by atoms with Crippen molar-refractivity contribution in [3.63, 3.8) is 0 Å². The number of benzene rings is 3. The van der Waals surface area contributed by atoms with Crippen LogP contribution >= 0.6 is 7.92 Å². The largest absolute Gasteiger partial charge is 0.478 e. The molecule has 1 heterocycles. The molecule has 0 aromatic heterocycles. The number of nitrogens with zero attached hydrogens (tertiary/aromatic N) is 1. The zero-order valence-corrected chi connectivity index (χ0v) is 17.3. The summed E-state index contributed by atoms with van der Waals surface area (Å²) >= 11 is 0. The van der Waals surface area contributed by atoms with Gasteiger partial charge in [-0.25, -0.2) is 4.99 Å². The lowest BCUT2D eigenvalue weighted by atomic mass is 9.96. The van der Waals surface area contributed by atoms with Gasteiger partial charge < -0.3 is 4.74 Å². The first-order valence-corrected chi connectivity index (χ1v) is 11.3. The van der Waals surface area contributed by atoms with Crippen LogP contribution in [-0.4, -0.2) is 18.7 Å². The molecule has 0 bridgehead atoms. The lowest BCUT2D eigenvalue weighted by Crippen LogP contribution is -2.31. The van der Waals surface area contributed by atoms with E-state index < -0.39 is 7.92 Å². The number of hydrogen-bond acceptors (Lipinski definition) is 2. The van der Waals surface area contributed by atoms with Gasteiger partial charge >= 0.3 is 0 Å². The summed E-state index contributed by atoms with van der Waals surface area (Å²) in [7, 11) is -0.484. The fraction of sp³-hybridized carbons (Fsp3) is 0.240. The van der Waals surface area contributed by atoms with Crippen LogP contribution in [0.2, 0.25) is 0 Å². The molecule has 28 heavy (non-hydrogen) atoms. The SMILES string of the molecule is CC(C)(CP(c1ccccc1)c1ccccc1)C1=N[C@@H](c2ccccc2)CO1. The molecular weight excluding hydrogens is 361 g/mol. The van der Waals surface area contributed by atoms with Crippen molar-refractivity contribution in [2.45, 2.75) is 19.9 Å². The number of hydrogen-bond donors (Lipinski definition) is 0. The topological polar surface area (TPSA) is 21.6 Å². The third kappa shape index (κ3) is 4.18. The molecule has 3 aromatic carbocycles. The van der Waals surface area contributed by atoms with Crippen LogP contribution in [0.3, 0.4) is 0 Å². The van der Waals surface area contributed by atoms with Crippen molar-refractivity contribution >= 4 is 24.4 Å². The molecule has 1 aliphatic heterocycles. The minimum Gasteiger partial charge on any atom is -0.478 e. The van der Waals surface area contributed by atoms with Crippen LogP contribution in [0, 0.1) is 5.41 Å². The minimum absolute atomic E-state index is 0.107. The number of ether oxygens (including phenoxy) is 1. The van der Waals surface area contributed by atoms with Crippen molar-refractivity contribution in [1.82, 2.24) is 0 Å². The second-order valence-corrected chi connectivity index (χ2v) is 10.0. The van der Waals surface area contributed by atoms with Crippen LogP contribution in [0.4, 0.5) is 0 Å². The van der Waals surface area contributed by atoms with Crippen molar-refractivity contribution in [3.05, 3.63) is 96.6 Å². The Kier molecular flexibility index (Phi) is 5.59. The van der Waals surface area contributed by atoms with Gasteiger partial charge in [-0.1, -0.05) is 105 Å². The standard InChI is InChI=1S/C25H26NOP/c1-25(2,24-26-23(18-27-24)20-12-6-3-7-13-20)19-28(21-14-8-4-9-15-21)22-16-10-5-11-17-22/h3-17,23H,18-19H2,1-2H3/t23-/m1/s1. The van der Waals surface area contributed by atoms with E-state index in [2.05, 4.69) is 98.8 Å². The van der Waals surface area contributed by atoms with Gasteiger partial charge in [0.05, 0.1) is 0 Å². The second-order valence-electron chi connectivity index (χ2n) is 7.81. The van der Waals surface area contributed by atoms with E-state index in [1.54, 1.807) is 0 Å². The van der Waals surface area contributed by atoms with E-state index in [0.29, 0.717) is 6.61 Å². The monoisotopic (exact) mass is 387 g/mol. The molecule has 0 radical (unpaired) electrons. The third-order valence-corrected chi connectivity index (χ3v) is 8.05. The number of aliphatic imine (C=N–C) groups is 1. The minimum atomic E-state index is -0.484. The van der Waals surface area contributed by atoms with Gasteiger partial charge in [-0.15, -0.1) is 0 Å². The summed E-state index contributed by atoms with van der Waals surface area (Å²) in [6.07, 6.45) is 1.01. The van der Waals surface area contributed by atoms with Crippen LogP contribution in [0.25, 0.3) is 0 Å². The fourth-order valence-corrected chi connectivity index (χ4v) is 6.25. The summed E-state index contributed by atoms with van der Waals surface area (Å²) in [5, 5.41) is 2.80. The summed E-state index contributed by atoms with van der Waals surface area (Å²) in [6.45, 7) is 5.16. The molecule has 0 unspecified atom stereocenters. The van der Waals surface area contributed by atoms with E-state index in [0.717, 1.165) is 12.1 Å². The van der Waals surface area contributed by atoms with Crippen LogP contribution in [0.1, 0.15) is 25.5 Å². The van der Waals surface area contributed by atoms with Crippen LogP contribution in [-0.2, 0) is 4.74 Å². The lowest BCUT2D eigenvalue weighted by molar-refractivity contribution is 0.284. The molecule has 0 fully saturated rings. The summed E-state index contributed by atoms with van der Waals surface area (Å²) in [4.78, 5) is 4.98. The zero-order chi connectivity index (χ0) is 19.4. The van der Waals surface area contributed by atoms with Crippen LogP contribution in [0.15, 0.2) is 96.0 Å². The highest BCUT2D eigenvalue weighted by Crippen LogP contribution is 2.42. The Balaban J connectivity index is 1.61. The molecule has 0 amide bonds. The molecule has 0 spiro atoms. The Morgan fingerprint density at radius 3 is 1.86 bits per heavy atom. The Labute approximate surface area is 169 Å². The van der Waals surface area contributed by atoms with Gasteiger partial charge in [-0.3, -0.25) is 0 Å². The van der Waals surface area contributed by atoms with Gasteiger partial charge in [0.2, 0.25) is 0 Å². The highest BCUT2D eigenvalue weighted by atomic mass is 31.1. The third-order valence-electron chi connectivity index (χ3n) is 5.10. The molecule has 1 atom stereocenters. The van der Waals surface area contributed by atoms with Gasteiger partial charge in [-0.2, -0.15) is 0 Å². The average molecular weight is 387 g/mol. The molecule has 3 aromatic rings. The highest BCUT2D eigenvalue weighted by Gasteiger charge is 2.35. The molecule has 0 aliphatic carbocycles. The summed E-state index contributed by atoms with van der Waals surface area (Å²) < 4.78 is 6.12. The van der Waals surface area contributed by atoms with E-state index in [-0.39, 0.29) is 11.5 Å². The Hall–Kier alpha value is -2.44. The molecule has 142 valence electrons. The summed E-state index contributed by atoms with van der Waals surface area (Å²) in [6, 6.07) is 32.3. The summed E-state index contributed by atoms with van der Waals surface area (Å²) in [5.41, 5.74) is 1.10. The zero-order valence-electron chi connectivity index (χ0n) is 16.5. The van der Waals surface area contributed by atoms with Gasteiger partial charge in [-0.05, 0) is 30.3 Å². The van der Waals surface area contributed by atoms with Crippen LogP contribution in [0.5, 0.6) is 0 Å². The van der Waals surface area contributed by atoms with Crippen molar-refractivity contribution in [1.29, 1.82) is 0 Å². The summed E-state index contributed by atoms with van der Waals surface area (Å²) in [5.74, 6) is 0.890. The average Bonchev–Trinajstić information content (AvgIpc) is 3.25. The van der Waals surface area contributed by atoms with E-state index in [1.165, 1.54) is 16.2 Å². The molecular formula is C25H26NOP. The van der Waals surface area contributed by atoms with Crippen molar-refractivity contribution in [3.8, 4) is 0 Å². The lowest BCUT2D eigenvalue weighted by Gasteiger charge is -2.30. The first-order valence-electron chi connectivity index (χ1n) is 9.77. The maximum Gasteiger partial charge on any atom is 0.190 e. The second kappa shape index (κ2) is 8.29.